The van der Waals surface area contributed by atoms with Gasteiger partial charge >= 0.3 is 0 Å². The molecule has 0 amide bonds. The fourth-order valence-electron chi connectivity index (χ4n) is 1.07. The third-order valence-electron chi connectivity index (χ3n) is 1.80. The van der Waals surface area contributed by atoms with Gasteiger partial charge in [0.1, 0.15) is 5.51 Å². The summed E-state index contributed by atoms with van der Waals surface area (Å²) in [5.74, 6) is 0. The van der Waals surface area contributed by atoms with Crippen molar-refractivity contribution >= 4 is 16.5 Å². The third-order valence-corrected chi connectivity index (χ3v) is 2.41. The molecule has 1 aromatic heterocycles. The van der Waals surface area contributed by atoms with Crippen molar-refractivity contribution in [2.24, 2.45) is 0 Å². The van der Waals surface area contributed by atoms with Crippen LogP contribution in [0.4, 0.5) is 5.13 Å². The standard InChI is InChI=1S/C6H10N4S/c1-6(2-7-3-6)9-5-10-8-4-11-5/h4,7H,2-3H2,1H3,(H,9,10). The van der Waals surface area contributed by atoms with Gasteiger partial charge in [-0.1, -0.05) is 11.3 Å². The van der Waals surface area contributed by atoms with Gasteiger partial charge in [0.25, 0.3) is 0 Å². The molecule has 1 fully saturated rings. The highest BCUT2D eigenvalue weighted by Gasteiger charge is 2.31. The Hall–Kier alpha value is -0.680. The number of hydrogen-bond donors (Lipinski definition) is 2. The van der Waals surface area contributed by atoms with Gasteiger partial charge in [-0.3, -0.25) is 0 Å². The Bertz CT molecular complexity index is 229. The lowest BCUT2D eigenvalue weighted by Gasteiger charge is -2.39. The molecule has 0 spiro atoms. The molecule has 5 heteroatoms. The third kappa shape index (κ3) is 1.34. The van der Waals surface area contributed by atoms with Crippen molar-refractivity contribution in [3.05, 3.63) is 5.51 Å². The maximum atomic E-state index is 3.91. The van der Waals surface area contributed by atoms with Gasteiger partial charge in [0, 0.05) is 13.1 Å². The highest BCUT2D eigenvalue weighted by molar-refractivity contribution is 7.13. The van der Waals surface area contributed by atoms with Gasteiger partial charge in [-0.2, -0.15) is 0 Å². The minimum atomic E-state index is 0.194. The van der Waals surface area contributed by atoms with Crippen LogP contribution in [0.1, 0.15) is 6.92 Å². The monoisotopic (exact) mass is 170 g/mol. The minimum absolute atomic E-state index is 0.194. The number of hydrogen-bond acceptors (Lipinski definition) is 5. The number of aromatic nitrogens is 2. The van der Waals surface area contributed by atoms with E-state index < -0.39 is 0 Å². The van der Waals surface area contributed by atoms with Crippen molar-refractivity contribution in [3.63, 3.8) is 0 Å². The Kier molecular flexibility index (Phi) is 1.54. The normalized spacial score (nSPS) is 20.8. The maximum Gasteiger partial charge on any atom is 0.205 e. The Balaban J connectivity index is 2.00. The Morgan fingerprint density at radius 1 is 1.73 bits per heavy atom. The van der Waals surface area contributed by atoms with Crippen molar-refractivity contribution in [2.45, 2.75) is 12.5 Å². The van der Waals surface area contributed by atoms with E-state index in [1.807, 2.05) is 0 Å². The van der Waals surface area contributed by atoms with Crippen LogP contribution >= 0.6 is 11.3 Å². The molecule has 11 heavy (non-hydrogen) atoms. The van der Waals surface area contributed by atoms with Crippen molar-refractivity contribution in [1.82, 2.24) is 15.5 Å². The lowest BCUT2D eigenvalue weighted by Crippen LogP contribution is -2.62. The zero-order valence-corrected chi connectivity index (χ0v) is 7.11. The molecule has 2 heterocycles. The smallest absolute Gasteiger partial charge is 0.205 e. The van der Waals surface area contributed by atoms with Gasteiger partial charge in [-0.05, 0) is 6.92 Å². The highest BCUT2D eigenvalue weighted by Crippen LogP contribution is 2.19. The number of anilines is 1. The second-order valence-electron chi connectivity index (χ2n) is 3.03. The number of rotatable bonds is 2. The molecule has 0 atom stereocenters. The van der Waals surface area contributed by atoms with Crippen LogP contribution in [0.15, 0.2) is 5.51 Å². The van der Waals surface area contributed by atoms with E-state index in [1.54, 1.807) is 5.51 Å². The summed E-state index contributed by atoms with van der Waals surface area (Å²) < 4.78 is 0. The van der Waals surface area contributed by atoms with Gasteiger partial charge < -0.3 is 10.6 Å². The summed E-state index contributed by atoms with van der Waals surface area (Å²) in [5, 5.41) is 15.1. The SMILES string of the molecule is CC1(Nc2nncs2)CNC1. The van der Waals surface area contributed by atoms with Gasteiger partial charge in [0.05, 0.1) is 5.54 Å². The number of nitrogens with one attached hydrogen (secondary N) is 2. The molecule has 60 valence electrons. The van der Waals surface area contributed by atoms with Gasteiger partial charge in [0.2, 0.25) is 5.13 Å². The Labute approximate surface area is 69.0 Å². The lowest BCUT2D eigenvalue weighted by molar-refractivity contribution is 0.338. The van der Waals surface area contributed by atoms with E-state index in [4.69, 9.17) is 0 Å². The average molecular weight is 170 g/mol. The first-order valence-corrected chi connectivity index (χ1v) is 4.42. The van der Waals surface area contributed by atoms with Crippen molar-refractivity contribution < 1.29 is 0 Å². The Morgan fingerprint density at radius 3 is 3.00 bits per heavy atom. The summed E-state index contributed by atoms with van der Waals surface area (Å²) >= 11 is 1.54. The predicted octanol–water partition coefficient (Wildman–Crippen LogP) is 0.312. The Morgan fingerprint density at radius 2 is 2.55 bits per heavy atom. The van der Waals surface area contributed by atoms with Crippen LogP contribution in [-0.2, 0) is 0 Å². The topological polar surface area (TPSA) is 49.8 Å². The van der Waals surface area contributed by atoms with Crippen LogP contribution in [0.25, 0.3) is 0 Å². The van der Waals surface area contributed by atoms with E-state index in [0.29, 0.717) is 0 Å². The summed E-state index contributed by atoms with van der Waals surface area (Å²) in [4.78, 5) is 0. The summed E-state index contributed by atoms with van der Waals surface area (Å²) in [6, 6.07) is 0. The van der Waals surface area contributed by atoms with Gasteiger partial charge in [-0.15, -0.1) is 10.2 Å². The van der Waals surface area contributed by atoms with Crippen LogP contribution < -0.4 is 10.6 Å². The van der Waals surface area contributed by atoms with Crippen LogP contribution in [0.5, 0.6) is 0 Å². The molecule has 1 saturated heterocycles. The summed E-state index contributed by atoms with van der Waals surface area (Å²) in [6.07, 6.45) is 0. The molecule has 1 aromatic rings. The molecular weight excluding hydrogens is 160 g/mol. The van der Waals surface area contributed by atoms with Crippen LogP contribution in [0.3, 0.4) is 0 Å². The van der Waals surface area contributed by atoms with E-state index in [2.05, 4.69) is 27.8 Å². The first-order valence-electron chi connectivity index (χ1n) is 3.54. The van der Waals surface area contributed by atoms with Gasteiger partial charge in [0.15, 0.2) is 0 Å². The second kappa shape index (κ2) is 2.42. The van der Waals surface area contributed by atoms with Crippen LogP contribution in [0, 0.1) is 0 Å². The average Bonchev–Trinajstić information content (AvgIpc) is 2.36. The maximum absolute atomic E-state index is 3.91. The molecule has 0 radical (unpaired) electrons. The van der Waals surface area contributed by atoms with Gasteiger partial charge in [-0.25, -0.2) is 0 Å². The molecule has 2 rings (SSSR count). The van der Waals surface area contributed by atoms with Crippen molar-refractivity contribution in [1.29, 1.82) is 0 Å². The van der Waals surface area contributed by atoms with Crippen LogP contribution in [0.2, 0.25) is 0 Å². The quantitative estimate of drug-likeness (QED) is 0.671. The van der Waals surface area contributed by atoms with E-state index in [9.17, 15) is 0 Å². The molecule has 0 aliphatic carbocycles. The predicted molar refractivity (Wildman–Crippen MR) is 44.8 cm³/mol. The molecule has 2 N–H and O–H groups in total. The molecule has 1 aliphatic rings. The molecule has 4 nitrogen and oxygen atoms in total. The van der Waals surface area contributed by atoms with E-state index in [1.165, 1.54) is 11.3 Å². The first-order chi connectivity index (χ1) is 5.29. The summed E-state index contributed by atoms with van der Waals surface area (Å²) in [5.41, 5.74) is 1.93. The highest BCUT2D eigenvalue weighted by atomic mass is 32.1. The first kappa shape index (κ1) is 7.00. The van der Waals surface area contributed by atoms with E-state index in [0.717, 1.165) is 18.2 Å². The fraction of sp³-hybridized carbons (Fsp3) is 0.667. The lowest BCUT2D eigenvalue weighted by atomic mass is 9.96. The van der Waals surface area contributed by atoms with E-state index in [-0.39, 0.29) is 5.54 Å². The largest absolute Gasteiger partial charge is 0.352 e. The zero-order valence-electron chi connectivity index (χ0n) is 6.29. The minimum Gasteiger partial charge on any atom is -0.352 e. The fourth-order valence-corrected chi connectivity index (χ4v) is 1.67. The van der Waals surface area contributed by atoms with Crippen molar-refractivity contribution in [2.75, 3.05) is 18.4 Å². The molecule has 0 bridgehead atoms. The molecule has 0 unspecified atom stereocenters. The molecule has 1 aliphatic heterocycles. The van der Waals surface area contributed by atoms with E-state index >= 15 is 0 Å². The summed E-state index contributed by atoms with van der Waals surface area (Å²) in [6.45, 7) is 4.18. The second-order valence-corrected chi connectivity index (χ2v) is 3.87. The molecule has 0 saturated carbocycles. The van der Waals surface area contributed by atoms with Crippen molar-refractivity contribution in [3.8, 4) is 0 Å². The summed E-state index contributed by atoms with van der Waals surface area (Å²) in [7, 11) is 0. The van der Waals surface area contributed by atoms with Crippen LogP contribution in [-0.4, -0.2) is 28.8 Å². The molecular formula is C6H10N4S. The molecule has 0 aromatic carbocycles. The number of nitrogens with zero attached hydrogens (tertiary/aromatic N) is 2. The zero-order chi connectivity index (χ0) is 7.73.